The number of carbonyl (C=O) groups is 3. The molecule has 0 atom stereocenters. The van der Waals surface area contributed by atoms with E-state index in [4.69, 9.17) is 16.3 Å². The summed E-state index contributed by atoms with van der Waals surface area (Å²) < 4.78 is 44.5. The van der Waals surface area contributed by atoms with Crippen molar-refractivity contribution in [3.63, 3.8) is 0 Å². The molecule has 8 nitrogen and oxygen atoms in total. The van der Waals surface area contributed by atoms with Crippen LogP contribution in [0.2, 0.25) is 5.02 Å². The molecule has 0 radical (unpaired) electrons. The first kappa shape index (κ1) is 24.8. The van der Waals surface area contributed by atoms with Gasteiger partial charge < -0.3 is 10.1 Å². The monoisotopic (exact) mass is 496 g/mol. The number of esters is 1. The van der Waals surface area contributed by atoms with Gasteiger partial charge in [-0.15, -0.1) is 0 Å². The second kappa shape index (κ2) is 10.9. The summed E-state index contributed by atoms with van der Waals surface area (Å²) in [5.74, 6) is -2.32. The fourth-order valence-corrected chi connectivity index (χ4v) is 4.95. The maximum Gasteiger partial charge on any atom is 0.306 e. The Morgan fingerprint density at radius 1 is 1.03 bits per heavy atom. The number of Topliss-reactive ketones (excluding diaryl/α,β-unsaturated/α-hetero) is 1. The molecule has 11 heteroatoms. The second-order valence-corrected chi connectivity index (χ2v) is 9.74. The Hall–Kier alpha value is -2.82. The summed E-state index contributed by atoms with van der Waals surface area (Å²) in [6.45, 7) is 0.238. The fraction of sp³-hybridized carbons (Fsp3) is 0.318. The van der Waals surface area contributed by atoms with Gasteiger partial charge in [0.1, 0.15) is 5.82 Å². The van der Waals surface area contributed by atoms with E-state index in [0.29, 0.717) is 13.1 Å². The van der Waals surface area contributed by atoms with Crippen LogP contribution in [0, 0.1) is 5.82 Å². The maximum absolute atomic E-state index is 12.9. The van der Waals surface area contributed by atoms with Gasteiger partial charge in [-0.25, -0.2) is 12.8 Å². The first-order chi connectivity index (χ1) is 15.7. The van der Waals surface area contributed by atoms with Crippen molar-refractivity contribution in [3.05, 3.63) is 58.9 Å². The number of halogens is 2. The average molecular weight is 497 g/mol. The number of carbonyl (C=O) groups excluding carboxylic acids is 3. The minimum atomic E-state index is -3.70. The Bertz CT molecular complexity index is 1150. The van der Waals surface area contributed by atoms with Crippen LogP contribution in [0.4, 0.5) is 10.1 Å². The zero-order chi connectivity index (χ0) is 24.0. The number of hydrogen-bond acceptors (Lipinski definition) is 6. The predicted octanol–water partition coefficient (Wildman–Crippen LogP) is 3.41. The summed E-state index contributed by atoms with van der Waals surface area (Å²) >= 11 is 6.07. The first-order valence-electron chi connectivity index (χ1n) is 10.2. The van der Waals surface area contributed by atoms with E-state index >= 15 is 0 Å². The molecule has 0 unspecified atom stereocenters. The van der Waals surface area contributed by atoms with Gasteiger partial charge in [0, 0.05) is 25.1 Å². The van der Waals surface area contributed by atoms with Gasteiger partial charge in [0.25, 0.3) is 5.91 Å². The zero-order valence-corrected chi connectivity index (χ0v) is 19.1. The number of rotatable bonds is 9. The van der Waals surface area contributed by atoms with E-state index in [-0.39, 0.29) is 39.8 Å². The van der Waals surface area contributed by atoms with Crippen LogP contribution in [-0.2, 0) is 24.3 Å². The van der Waals surface area contributed by atoms with Crippen molar-refractivity contribution in [1.29, 1.82) is 0 Å². The molecule has 0 aliphatic carbocycles. The number of ether oxygens (including phenoxy) is 1. The van der Waals surface area contributed by atoms with E-state index in [2.05, 4.69) is 5.32 Å². The normalized spacial score (nSPS) is 14.1. The third-order valence-corrected chi connectivity index (χ3v) is 7.23. The average Bonchev–Trinajstić information content (AvgIpc) is 3.34. The molecule has 33 heavy (non-hydrogen) atoms. The van der Waals surface area contributed by atoms with Gasteiger partial charge in [-0.05, 0) is 55.3 Å². The van der Waals surface area contributed by atoms with E-state index in [0.717, 1.165) is 25.0 Å². The van der Waals surface area contributed by atoms with Crippen LogP contribution in [0.15, 0.2) is 47.4 Å². The summed E-state index contributed by atoms with van der Waals surface area (Å²) in [7, 11) is -3.70. The van der Waals surface area contributed by atoms with Gasteiger partial charge in [0.05, 0.1) is 22.0 Å². The van der Waals surface area contributed by atoms with E-state index in [9.17, 15) is 27.2 Å². The van der Waals surface area contributed by atoms with Crippen LogP contribution >= 0.6 is 11.6 Å². The lowest BCUT2D eigenvalue weighted by Gasteiger charge is -2.16. The Morgan fingerprint density at radius 3 is 2.36 bits per heavy atom. The third kappa shape index (κ3) is 6.59. The van der Waals surface area contributed by atoms with Crippen molar-refractivity contribution in [2.24, 2.45) is 0 Å². The molecule has 0 aromatic heterocycles. The second-order valence-electron chi connectivity index (χ2n) is 7.39. The summed E-state index contributed by atoms with van der Waals surface area (Å²) in [6, 6.07) is 8.92. The highest BCUT2D eigenvalue weighted by Crippen LogP contribution is 2.28. The van der Waals surface area contributed by atoms with Gasteiger partial charge in [-0.1, -0.05) is 11.6 Å². The Kier molecular flexibility index (Phi) is 8.17. The molecule has 1 N–H and O–H groups in total. The number of nitrogens with one attached hydrogen (secondary N) is 1. The van der Waals surface area contributed by atoms with Crippen LogP contribution < -0.4 is 5.32 Å². The quantitative estimate of drug-likeness (QED) is 0.421. The van der Waals surface area contributed by atoms with Crippen molar-refractivity contribution in [2.45, 2.75) is 30.6 Å². The summed E-state index contributed by atoms with van der Waals surface area (Å²) in [6.07, 6.45) is 1.16. The molecule has 1 fully saturated rings. The number of benzene rings is 2. The van der Waals surface area contributed by atoms with E-state index in [1.165, 1.54) is 34.6 Å². The lowest BCUT2D eigenvalue weighted by molar-refractivity contribution is -0.147. The van der Waals surface area contributed by atoms with Crippen LogP contribution in [-0.4, -0.2) is 50.1 Å². The Morgan fingerprint density at radius 2 is 1.70 bits per heavy atom. The number of ketones is 1. The molecular weight excluding hydrogens is 475 g/mol. The molecule has 1 saturated heterocycles. The minimum Gasteiger partial charge on any atom is -0.456 e. The molecule has 0 saturated carbocycles. The lowest BCUT2D eigenvalue weighted by Crippen LogP contribution is -2.28. The first-order valence-corrected chi connectivity index (χ1v) is 12.0. The predicted molar refractivity (Wildman–Crippen MR) is 119 cm³/mol. The van der Waals surface area contributed by atoms with Crippen LogP contribution in [0.25, 0.3) is 0 Å². The molecule has 1 heterocycles. The van der Waals surface area contributed by atoms with Gasteiger partial charge in [0.15, 0.2) is 12.4 Å². The molecular formula is C22H22ClFN2O6S. The molecule has 0 spiro atoms. The standard InChI is InChI=1S/C22H22ClFN2O6S/c23-18-8-7-17(33(30,31)26-11-1-2-12-26)13-19(18)25-21(28)14-32-22(29)10-9-20(27)15-3-5-16(24)6-4-15/h3-8,13H,1-2,9-12,14H2,(H,25,28). The summed E-state index contributed by atoms with van der Waals surface area (Å²) in [4.78, 5) is 36.0. The van der Waals surface area contributed by atoms with Crippen LogP contribution in [0.3, 0.4) is 0 Å². The van der Waals surface area contributed by atoms with E-state index < -0.39 is 34.3 Å². The van der Waals surface area contributed by atoms with E-state index in [1.54, 1.807) is 0 Å². The zero-order valence-electron chi connectivity index (χ0n) is 17.6. The molecule has 1 amide bonds. The number of hydrogen-bond donors (Lipinski definition) is 1. The molecule has 1 aliphatic heterocycles. The van der Waals surface area contributed by atoms with Crippen molar-refractivity contribution in [1.82, 2.24) is 4.31 Å². The SMILES string of the molecule is O=C(COC(=O)CCC(=O)c1ccc(F)cc1)Nc1cc(S(=O)(=O)N2CCCC2)ccc1Cl. The Balaban J connectivity index is 1.51. The fourth-order valence-electron chi connectivity index (χ4n) is 3.24. The van der Waals surface area contributed by atoms with E-state index in [1.807, 2.05) is 0 Å². The van der Waals surface area contributed by atoms with Crippen molar-refractivity contribution in [3.8, 4) is 0 Å². The van der Waals surface area contributed by atoms with Gasteiger partial charge in [-0.3, -0.25) is 14.4 Å². The summed E-state index contributed by atoms with van der Waals surface area (Å²) in [5.41, 5.74) is 0.338. The number of sulfonamides is 1. The number of anilines is 1. The Labute approximate surface area is 195 Å². The van der Waals surface area contributed by atoms with Crippen LogP contribution in [0.1, 0.15) is 36.0 Å². The smallest absolute Gasteiger partial charge is 0.306 e. The molecule has 0 bridgehead atoms. The maximum atomic E-state index is 12.9. The van der Waals surface area contributed by atoms with Crippen LogP contribution in [0.5, 0.6) is 0 Å². The van der Waals surface area contributed by atoms with Gasteiger partial charge >= 0.3 is 5.97 Å². The highest BCUT2D eigenvalue weighted by molar-refractivity contribution is 7.89. The third-order valence-electron chi connectivity index (χ3n) is 5.00. The minimum absolute atomic E-state index is 0.000371. The lowest BCUT2D eigenvalue weighted by atomic mass is 10.1. The van der Waals surface area contributed by atoms with Crippen molar-refractivity contribution >= 4 is 45.0 Å². The summed E-state index contributed by atoms with van der Waals surface area (Å²) in [5, 5.41) is 2.56. The number of nitrogens with zero attached hydrogens (tertiary/aromatic N) is 1. The molecule has 2 aromatic rings. The largest absolute Gasteiger partial charge is 0.456 e. The topological polar surface area (TPSA) is 110 Å². The molecule has 1 aliphatic rings. The van der Waals surface area contributed by atoms with Gasteiger partial charge in [0.2, 0.25) is 10.0 Å². The molecule has 3 rings (SSSR count). The van der Waals surface area contributed by atoms with Crippen molar-refractivity contribution < 1.29 is 31.9 Å². The van der Waals surface area contributed by atoms with Gasteiger partial charge in [-0.2, -0.15) is 4.31 Å². The molecule has 176 valence electrons. The number of amides is 1. The molecule has 2 aromatic carbocycles. The highest BCUT2D eigenvalue weighted by Gasteiger charge is 2.27. The highest BCUT2D eigenvalue weighted by atomic mass is 35.5. The van der Waals surface area contributed by atoms with Crippen molar-refractivity contribution in [2.75, 3.05) is 25.0 Å².